The maximum atomic E-state index is 11.9. The van der Waals surface area contributed by atoms with Gasteiger partial charge in [0.2, 0.25) is 5.91 Å². The Morgan fingerprint density at radius 2 is 1.72 bits per heavy atom. The van der Waals surface area contributed by atoms with Crippen LogP contribution < -0.4 is 16.0 Å². The summed E-state index contributed by atoms with van der Waals surface area (Å²) in [7, 11) is 0. The molecule has 0 aliphatic carbocycles. The highest BCUT2D eigenvalue weighted by Gasteiger charge is 2.15. The number of hydrogen-bond donors (Lipinski definition) is 3. The summed E-state index contributed by atoms with van der Waals surface area (Å²) in [4.78, 5) is 34.9. The fourth-order valence-corrected chi connectivity index (χ4v) is 1.98. The Balaban J connectivity index is 2.14. The lowest BCUT2D eigenvalue weighted by molar-refractivity contribution is -0.120. The fraction of sp³-hybridized carbons (Fsp3) is 0.471. The van der Waals surface area contributed by atoms with Crippen LogP contribution in [0.5, 0.6) is 0 Å². The number of halogens is 1. The van der Waals surface area contributed by atoms with Crippen molar-refractivity contribution in [1.29, 1.82) is 0 Å². The van der Waals surface area contributed by atoms with Gasteiger partial charge in [-0.15, -0.1) is 0 Å². The van der Waals surface area contributed by atoms with Gasteiger partial charge in [0, 0.05) is 36.6 Å². The highest BCUT2D eigenvalue weighted by Crippen LogP contribution is 2.10. The number of carbonyl (C=O) groups is 3. The first kappa shape index (κ1) is 20.8. The van der Waals surface area contributed by atoms with Gasteiger partial charge in [-0.2, -0.15) is 0 Å². The molecule has 0 heterocycles. The Hall–Kier alpha value is -2.28. The maximum absolute atomic E-state index is 11.9. The normalized spacial score (nSPS) is 10.7. The van der Waals surface area contributed by atoms with Gasteiger partial charge in [0.05, 0.1) is 0 Å². The van der Waals surface area contributed by atoms with Gasteiger partial charge in [-0.1, -0.05) is 17.7 Å². The van der Waals surface area contributed by atoms with Crippen LogP contribution in [0.4, 0.5) is 4.79 Å². The average molecular weight is 370 g/mol. The molecule has 0 aliphatic rings. The summed E-state index contributed by atoms with van der Waals surface area (Å²) in [6.07, 6.45) is -0.435. The van der Waals surface area contributed by atoms with Gasteiger partial charge in [-0.05, 0) is 39.0 Å². The Bertz CT molecular complexity index is 614. The summed E-state index contributed by atoms with van der Waals surface area (Å²) in [5.41, 5.74) is -0.117. The molecule has 0 unspecified atom stereocenters. The molecule has 0 saturated carbocycles. The average Bonchev–Trinajstić information content (AvgIpc) is 2.49. The summed E-state index contributed by atoms with van der Waals surface area (Å²) >= 11 is 5.82. The zero-order chi connectivity index (χ0) is 18.9. The number of nitrogens with one attached hydrogen (secondary N) is 3. The van der Waals surface area contributed by atoms with E-state index in [0.29, 0.717) is 10.6 Å². The molecule has 8 heteroatoms. The third kappa shape index (κ3) is 9.56. The van der Waals surface area contributed by atoms with E-state index >= 15 is 0 Å². The molecule has 0 radical (unpaired) electrons. The quantitative estimate of drug-likeness (QED) is 0.641. The van der Waals surface area contributed by atoms with Gasteiger partial charge in [0.15, 0.2) is 0 Å². The first-order valence-corrected chi connectivity index (χ1v) is 8.32. The molecule has 0 spiro atoms. The lowest BCUT2D eigenvalue weighted by Gasteiger charge is -2.19. The number of rotatable bonds is 7. The number of hydrogen-bond acceptors (Lipinski definition) is 4. The van der Waals surface area contributed by atoms with E-state index in [0.717, 1.165) is 0 Å². The first-order chi connectivity index (χ1) is 11.7. The van der Waals surface area contributed by atoms with Crippen molar-refractivity contribution in [3.05, 3.63) is 34.9 Å². The predicted molar refractivity (Wildman–Crippen MR) is 95.6 cm³/mol. The number of benzene rings is 1. The molecular weight excluding hydrogens is 346 g/mol. The van der Waals surface area contributed by atoms with Crippen molar-refractivity contribution in [3.63, 3.8) is 0 Å². The molecule has 0 aliphatic heterocycles. The van der Waals surface area contributed by atoms with E-state index in [-0.39, 0.29) is 37.9 Å². The van der Waals surface area contributed by atoms with Crippen LogP contribution in [0.15, 0.2) is 24.3 Å². The van der Waals surface area contributed by atoms with Gasteiger partial charge < -0.3 is 20.7 Å². The van der Waals surface area contributed by atoms with Crippen LogP contribution in [0.2, 0.25) is 5.02 Å². The summed E-state index contributed by atoms with van der Waals surface area (Å²) < 4.78 is 5.06. The zero-order valence-corrected chi connectivity index (χ0v) is 15.4. The number of ether oxygens (including phenoxy) is 1. The van der Waals surface area contributed by atoms with Crippen molar-refractivity contribution < 1.29 is 19.1 Å². The molecule has 138 valence electrons. The summed E-state index contributed by atoms with van der Waals surface area (Å²) in [6, 6.07) is 6.60. The highest BCUT2D eigenvalue weighted by atomic mass is 35.5. The molecule has 3 N–H and O–H groups in total. The van der Waals surface area contributed by atoms with E-state index in [4.69, 9.17) is 16.3 Å². The van der Waals surface area contributed by atoms with E-state index in [9.17, 15) is 14.4 Å². The molecule has 0 atom stereocenters. The molecule has 0 bridgehead atoms. The third-order valence-corrected chi connectivity index (χ3v) is 3.07. The van der Waals surface area contributed by atoms with E-state index in [2.05, 4.69) is 16.0 Å². The Morgan fingerprint density at radius 3 is 2.36 bits per heavy atom. The lowest BCUT2D eigenvalue weighted by Crippen LogP contribution is -2.37. The first-order valence-electron chi connectivity index (χ1n) is 7.95. The maximum Gasteiger partial charge on any atom is 0.407 e. The lowest BCUT2D eigenvalue weighted by atomic mass is 10.2. The standard InChI is InChI=1S/C17H24ClN3O4/c1-17(2,3)25-16(24)21-8-7-14(22)19-9-10-20-15(23)12-5-4-6-13(18)11-12/h4-6,11H,7-10H2,1-3H3,(H,19,22)(H,20,23)(H,21,24). The van der Waals surface area contributed by atoms with E-state index in [1.807, 2.05) is 0 Å². The SMILES string of the molecule is CC(C)(C)OC(=O)NCCC(=O)NCCNC(=O)c1cccc(Cl)c1. The molecule has 3 amide bonds. The van der Waals surface area contributed by atoms with Crippen LogP contribution in [-0.4, -0.2) is 43.1 Å². The minimum absolute atomic E-state index is 0.126. The molecule has 25 heavy (non-hydrogen) atoms. The topological polar surface area (TPSA) is 96.5 Å². The van der Waals surface area contributed by atoms with Crippen LogP contribution in [-0.2, 0) is 9.53 Å². The molecule has 0 saturated heterocycles. The number of amides is 3. The minimum atomic E-state index is -0.576. The van der Waals surface area contributed by atoms with Crippen molar-refractivity contribution >= 4 is 29.5 Å². The highest BCUT2D eigenvalue weighted by molar-refractivity contribution is 6.30. The summed E-state index contributed by atoms with van der Waals surface area (Å²) in [5, 5.41) is 8.32. The molecule has 1 rings (SSSR count). The van der Waals surface area contributed by atoms with Crippen LogP contribution in [0.1, 0.15) is 37.6 Å². The van der Waals surface area contributed by atoms with Crippen molar-refractivity contribution in [2.75, 3.05) is 19.6 Å². The Morgan fingerprint density at radius 1 is 1.04 bits per heavy atom. The van der Waals surface area contributed by atoms with E-state index in [1.165, 1.54) is 0 Å². The number of alkyl carbamates (subject to hydrolysis) is 1. The van der Waals surface area contributed by atoms with Crippen LogP contribution in [0.3, 0.4) is 0 Å². The molecule has 7 nitrogen and oxygen atoms in total. The molecule has 1 aromatic carbocycles. The molecule has 0 aromatic heterocycles. The molecule has 1 aromatic rings. The smallest absolute Gasteiger partial charge is 0.407 e. The predicted octanol–water partition coefficient (Wildman–Crippen LogP) is 2.10. The van der Waals surface area contributed by atoms with Crippen molar-refractivity contribution in [3.8, 4) is 0 Å². The van der Waals surface area contributed by atoms with Crippen LogP contribution >= 0.6 is 11.6 Å². The van der Waals surface area contributed by atoms with Gasteiger partial charge in [0.25, 0.3) is 5.91 Å². The van der Waals surface area contributed by atoms with Gasteiger partial charge in [0.1, 0.15) is 5.60 Å². The van der Waals surface area contributed by atoms with Crippen LogP contribution in [0, 0.1) is 0 Å². The zero-order valence-electron chi connectivity index (χ0n) is 14.6. The van der Waals surface area contributed by atoms with E-state index < -0.39 is 11.7 Å². The third-order valence-electron chi connectivity index (χ3n) is 2.84. The van der Waals surface area contributed by atoms with Gasteiger partial charge in [-0.3, -0.25) is 9.59 Å². The largest absolute Gasteiger partial charge is 0.444 e. The van der Waals surface area contributed by atoms with Crippen molar-refractivity contribution in [2.45, 2.75) is 32.8 Å². The summed E-state index contributed by atoms with van der Waals surface area (Å²) in [5.74, 6) is -0.489. The second kappa shape index (κ2) is 9.88. The van der Waals surface area contributed by atoms with Crippen LogP contribution in [0.25, 0.3) is 0 Å². The van der Waals surface area contributed by atoms with Crippen molar-refractivity contribution in [1.82, 2.24) is 16.0 Å². The van der Waals surface area contributed by atoms with Crippen molar-refractivity contribution in [2.24, 2.45) is 0 Å². The van der Waals surface area contributed by atoms with Gasteiger partial charge >= 0.3 is 6.09 Å². The van der Waals surface area contributed by atoms with Gasteiger partial charge in [-0.25, -0.2) is 4.79 Å². The minimum Gasteiger partial charge on any atom is -0.444 e. The monoisotopic (exact) mass is 369 g/mol. The second-order valence-electron chi connectivity index (χ2n) is 6.29. The Kier molecular flexibility index (Phi) is 8.21. The summed E-state index contributed by atoms with van der Waals surface area (Å²) in [6.45, 7) is 6.04. The van der Waals surface area contributed by atoms with E-state index in [1.54, 1.807) is 45.0 Å². The Labute approximate surface area is 152 Å². The second-order valence-corrected chi connectivity index (χ2v) is 6.73. The molecule has 0 fully saturated rings. The fourth-order valence-electron chi connectivity index (χ4n) is 1.79. The number of carbonyl (C=O) groups excluding carboxylic acids is 3. The molecular formula is C17H24ClN3O4.